The first-order valence-corrected chi connectivity index (χ1v) is 9.33. The molecule has 3 rings (SSSR count). The number of hydrogen-bond acceptors (Lipinski definition) is 3. The summed E-state index contributed by atoms with van der Waals surface area (Å²) in [7, 11) is 0. The standard InChI is InChI=1S/C21H20F3N3O3/c22-14-3-1-12(2-4-14)7-13(19(25)28)11-26-20(29)18-5-6-27(21(18)30)17-9-15(23)8-16(24)10-17/h1-4,8-10,13,18H,5-7,11H2,(H2,25,28)(H,26,29). The number of nitrogens with two attached hydrogens (primary N) is 1. The summed E-state index contributed by atoms with van der Waals surface area (Å²) in [6.45, 7) is 0.0402. The molecule has 6 nitrogen and oxygen atoms in total. The van der Waals surface area contributed by atoms with E-state index in [-0.39, 0.29) is 31.6 Å². The van der Waals surface area contributed by atoms with Crippen molar-refractivity contribution in [1.29, 1.82) is 0 Å². The van der Waals surface area contributed by atoms with Gasteiger partial charge in [0.1, 0.15) is 23.4 Å². The molecule has 0 aliphatic carbocycles. The summed E-state index contributed by atoms with van der Waals surface area (Å²) in [4.78, 5) is 37.9. The molecule has 30 heavy (non-hydrogen) atoms. The average molecular weight is 419 g/mol. The zero-order chi connectivity index (χ0) is 21.8. The van der Waals surface area contributed by atoms with Gasteiger partial charge in [0, 0.05) is 24.8 Å². The fourth-order valence-corrected chi connectivity index (χ4v) is 3.40. The van der Waals surface area contributed by atoms with Crippen LogP contribution in [0.2, 0.25) is 0 Å². The lowest BCUT2D eigenvalue weighted by molar-refractivity contribution is -0.132. The van der Waals surface area contributed by atoms with Crippen LogP contribution in [-0.4, -0.2) is 30.8 Å². The lowest BCUT2D eigenvalue weighted by atomic mass is 9.98. The number of carbonyl (C=O) groups is 3. The van der Waals surface area contributed by atoms with Gasteiger partial charge in [0.25, 0.3) is 0 Å². The molecular formula is C21H20F3N3O3. The minimum Gasteiger partial charge on any atom is -0.369 e. The van der Waals surface area contributed by atoms with E-state index in [0.29, 0.717) is 11.6 Å². The molecule has 0 aromatic heterocycles. The second-order valence-electron chi connectivity index (χ2n) is 7.13. The molecule has 2 atom stereocenters. The van der Waals surface area contributed by atoms with Gasteiger partial charge in [0.15, 0.2) is 0 Å². The maximum Gasteiger partial charge on any atom is 0.239 e. The largest absolute Gasteiger partial charge is 0.369 e. The summed E-state index contributed by atoms with van der Waals surface area (Å²) < 4.78 is 39.9. The highest BCUT2D eigenvalue weighted by atomic mass is 19.1. The quantitative estimate of drug-likeness (QED) is 0.672. The Hall–Kier alpha value is -3.36. The van der Waals surface area contributed by atoms with E-state index in [2.05, 4.69) is 5.32 Å². The number of hydrogen-bond donors (Lipinski definition) is 2. The van der Waals surface area contributed by atoms with Crippen molar-refractivity contribution in [3.63, 3.8) is 0 Å². The van der Waals surface area contributed by atoms with Crippen molar-refractivity contribution < 1.29 is 27.6 Å². The molecule has 1 heterocycles. The van der Waals surface area contributed by atoms with Gasteiger partial charge in [-0.3, -0.25) is 14.4 Å². The predicted octanol–water partition coefficient (Wildman–Crippen LogP) is 1.92. The van der Waals surface area contributed by atoms with Crippen molar-refractivity contribution in [1.82, 2.24) is 5.32 Å². The van der Waals surface area contributed by atoms with E-state index >= 15 is 0 Å². The predicted molar refractivity (Wildman–Crippen MR) is 103 cm³/mol. The molecule has 2 unspecified atom stereocenters. The van der Waals surface area contributed by atoms with Crippen molar-refractivity contribution in [2.24, 2.45) is 17.6 Å². The van der Waals surface area contributed by atoms with Crippen LogP contribution in [0, 0.1) is 29.3 Å². The summed E-state index contributed by atoms with van der Waals surface area (Å²) in [5, 5.41) is 2.55. The fraction of sp³-hybridized carbons (Fsp3) is 0.286. The van der Waals surface area contributed by atoms with Crippen LogP contribution >= 0.6 is 0 Å². The van der Waals surface area contributed by atoms with Crippen LogP contribution in [0.4, 0.5) is 18.9 Å². The molecule has 0 spiro atoms. The van der Waals surface area contributed by atoms with Crippen LogP contribution in [0.1, 0.15) is 12.0 Å². The zero-order valence-corrected chi connectivity index (χ0v) is 15.9. The maximum absolute atomic E-state index is 13.4. The summed E-state index contributed by atoms with van der Waals surface area (Å²) in [5.41, 5.74) is 6.11. The Bertz CT molecular complexity index is 945. The minimum atomic E-state index is -1.03. The van der Waals surface area contributed by atoms with Gasteiger partial charge in [0.2, 0.25) is 17.7 Å². The number of nitrogens with one attached hydrogen (secondary N) is 1. The minimum absolute atomic E-state index is 0.0409. The summed E-state index contributed by atoms with van der Waals surface area (Å²) in [5.74, 6) is -5.65. The Morgan fingerprint density at radius 1 is 1.07 bits per heavy atom. The Balaban J connectivity index is 1.61. The lowest BCUT2D eigenvalue weighted by Crippen LogP contribution is -2.42. The molecular weight excluding hydrogens is 399 g/mol. The van der Waals surface area contributed by atoms with Gasteiger partial charge in [0.05, 0.1) is 5.92 Å². The van der Waals surface area contributed by atoms with Crippen molar-refractivity contribution in [2.75, 3.05) is 18.0 Å². The smallest absolute Gasteiger partial charge is 0.239 e. The highest BCUT2D eigenvalue weighted by Gasteiger charge is 2.38. The van der Waals surface area contributed by atoms with Gasteiger partial charge in [-0.2, -0.15) is 0 Å². The van der Waals surface area contributed by atoms with Gasteiger partial charge in [-0.15, -0.1) is 0 Å². The molecule has 3 amide bonds. The maximum atomic E-state index is 13.4. The zero-order valence-electron chi connectivity index (χ0n) is 15.9. The summed E-state index contributed by atoms with van der Waals surface area (Å²) in [6.07, 6.45) is 0.366. The van der Waals surface area contributed by atoms with Crippen molar-refractivity contribution in [2.45, 2.75) is 12.8 Å². The molecule has 2 aromatic rings. The van der Waals surface area contributed by atoms with Gasteiger partial charge < -0.3 is 16.0 Å². The first-order valence-electron chi connectivity index (χ1n) is 9.33. The van der Waals surface area contributed by atoms with E-state index in [1.807, 2.05) is 0 Å². The second kappa shape index (κ2) is 8.98. The molecule has 0 radical (unpaired) electrons. The Kier molecular flexibility index (Phi) is 6.39. The molecule has 3 N–H and O–H groups in total. The monoisotopic (exact) mass is 419 g/mol. The van der Waals surface area contributed by atoms with Gasteiger partial charge in [-0.05, 0) is 42.7 Å². The normalized spacial score (nSPS) is 17.1. The third-order valence-electron chi connectivity index (χ3n) is 5.00. The van der Waals surface area contributed by atoms with E-state index in [9.17, 15) is 27.6 Å². The van der Waals surface area contributed by atoms with Crippen molar-refractivity contribution >= 4 is 23.4 Å². The molecule has 0 bridgehead atoms. The first kappa shape index (κ1) is 21.4. The van der Waals surface area contributed by atoms with Crippen molar-refractivity contribution in [3.05, 3.63) is 65.5 Å². The number of rotatable bonds is 7. The van der Waals surface area contributed by atoms with Crippen LogP contribution in [0.25, 0.3) is 0 Å². The second-order valence-corrected chi connectivity index (χ2v) is 7.13. The molecule has 9 heteroatoms. The number of amides is 3. The molecule has 1 aliphatic heterocycles. The number of anilines is 1. The highest BCUT2D eigenvalue weighted by Crippen LogP contribution is 2.27. The SMILES string of the molecule is NC(=O)C(CNC(=O)C1CCN(c2cc(F)cc(F)c2)C1=O)Cc1ccc(F)cc1. The third kappa shape index (κ3) is 4.97. The average Bonchev–Trinajstić information content (AvgIpc) is 3.07. The van der Waals surface area contributed by atoms with Crippen LogP contribution in [0.3, 0.4) is 0 Å². The fourth-order valence-electron chi connectivity index (χ4n) is 3.40. The molecule has 1 saturated heterocycles. The molecule has 0 saturated carbocycles. The van der Waals surface area contributed by atoms with Gasteiger partial charge in [-0.1, -0.05) is 12.1 Å². The number of halogens is 3. The van der Waals surface area contributed by atoms with E-state index in [1.165, 1.54) is 24.3 Å². The van der Waals surface area contributed by atoms with E-state index in [4.69, 9.17) is 5.73 Å². The molecule has 1 aliphatic rings. The van der Waals surface area contributed by atoms with Crippen LogP contribution in [0.5, 0.6) is 0 Å². The lowest BCUT2D eigenvalue weighted by Gasteiger charge is -2.18. The third-order valence-corrected chi connectivity index (χ3v) is 5.00. The van der Waals surface area contributed by atoms with Crippen LogP contribution in [-0.2, 0) is 20.8 Å². The Labute approximate surface area is 170 Å². The van der Waals surface area contributed by atoms with E-state index in [1.54, 1.807) is 0 Å². The highest BCUT2D eigenvalue weighted by molar-refractivity contribution is 6.09. The number of nitrogens with zero attached hydrogens (tertiary/aromatic N) is 1. The van der Waals surface area contributed by atoms with Crippen LogP contribution < -0.4 is 16.0 Å². The number of primary amides is 1. The van der Waals surface area contributed by atoms with E-state index < -0.39 is 47.0 Å². The Morgan fingerprint density at radius 2 is 1.70 bits per heavy atom. The number of benzene rings is 2. The number of carbonyl (C=O) groups excluding carboxylic acids is 3. The van der Waals surface area contributed by atoms with Gasteiger partial charge >= 0.3 is 0 Å². The van der Waals surface area contributed by atoms with Gasteiger partial charge in [-0.25, -0.2) is 13.2 Å². The van der Waals surface area contributed by atoms with E-state index in [0.717, 1.165) is 17.0 Å². The molecule has 2 aromatic carbocycles. The first-order chi connectivity index (χ1) is 14.2. The Morgan fingerprint density at radius 3 is 2.30 bits per heavy atom. The van der Waals surface area contributed by atoms with Crippen molar-refractivity contribution in [3.8, 4) is 0 Å². The molecule has 158 valence electrons. The molecule has 1 fully saturated rings. The summed E-state index contributed by atoms with van der Waals surface area (Å²) >= 11 is 0. The van der Waals surface area contributed by atoms with Crippen LogP contribution in [0.15, 0.2) is 42.5 Å². The topological polar surface area (TPSA) is 92.5 Å². The summed E-state index contributed by atoms with van der Waals surface area (Å²) in [6, 6.07) is 8.28.